The van der Waals surface area contributed by atoms with E-state index in [0.29, 0.717) is 5.58 Å². The van der Waals surface area contributed by atoms with Crippen molar-refractivity contribution in [3.63, 3.8) is 0 Å². The number of carbonyl (C=O) groups is 1. The van der Waals surface area contributed by atoms with Gasteiger partial charge in [0.15, 0.2) is 0 Å². The smallest absolute Gasteiger partial charge is 0.339 e. The van der Waals surface area contributed by atoms with Gasteiger partial charge in [-0.1, -0.05) is 42.5 Å². The van der Waals surface area contributed by atoms with E-state index in [1.54, 1.807) is 18.4 Å². The van der Waals surface area contributed by atoms with Gasteiger partial charge in [0, 0.05) is 10.9 Å². The zero-order valence-corrected chi connectivity index (χ0v) is 9.46. The number of aromatic carboxylic acids is 1. The Morgan fingerprint density at radius 2 is 1.78 bits per heavy atom. The first-order valence-electron chi connectivity index (χ1n) is 5.56. The van der Waals surface area contributed by atoms with E-state index in [4.69, 9.17) is 9.52 Å². The van der Waals surface area contributed by atoms with Gasteiger partial charge in [-0.15, -0.1) is 0 Å². The minimum atomic E-state index is -0.977. The second-order valence-electron chi connectivity index (χ2n) is 4.00. The average Bonchev–Trinajstić information content (AvgIpc) is 2.83. The molecular formula is C15H10O3. The monoisotopic (exact) mass is 238 g/mol. The van der Waals surface area contributed by atoms with Crippen LogP contribution in [0.15, 0.2) is 59.2 Å². The molecule has 18 heavy (non-hydrogen) atoms. The Labute approximate surface area is 103 Å². The van der Waals surface area contributed by atoms with Crippen LogP contribution in [0.5, 0.6) is 0 Å². The fourth-order valence-electron chi connectivity index (χ4n) is 2.07. The maximum atomic E-state index is 11.1. The molecule has 1 N–H and O–H groups in total. The number of furan rings is 1. The summed E-state index contributed by atoms with van der Waals surface area (Å²) in [6, 6.07) is 14.9. The number of hydrogen-bond acceptors (Lipinski definition) is 2. The van der Waals surface area contributed by atoms with Crippen molar-refractivity contribution in [1.29, 1.82) is 0 Å². The summed E-state index contributed by atoms with van der Waals surface area (Å²) in [5.41, 5.74) is 2.53. The van der Waals surface area contributed by atoms with E-state index in [1.165, 1.54) is 0 Å². The number of carboxylic acids is 1. The molecule has 1 heterocycles. The van der Waals surface area contributed by atoms with Crippen molar-refractivity contribution in [2.45, 2.75) is 0 Å². The van der Waals surface area contributed by atoms with Crippen LogP contribution in [-0.4, -0.2) is 11.1 Å². The zero-order chi connectivity index (χ0) is 12.5. The van der Waals surface area contributed by atoms with Crippen LogP contribution < -0.4 is 0 Å². The highest BCUT2D eigenvalue weighted by molar-refractivity contribution is 6.05. The molecule has 0 unspecified atom stereocenters. The van der Waals surface area contributed by atoms with Crippen LogP contribution in [0.3, 0.4) is 0 Å². The molecule has 0 fully saturated rings. The number of fused-ring (bicyclic) bond motifs is 1. The van der Waals surface area contributed by atoms with Crippen LogP contribution in [0.4, 0.5) is 0 Å². The third kappa shape index (κ3) is 1.57. The van der Waals surface area contributed by atoms with Gasteiger partial charge in [0.25, 0.3) is 0 Å². The van der Waals surface area contributed by atoms with Crippen molar-refractivity contribution in [3.8, 4) is 11.1 Å². The molecule has 3 rings (SSSR count). The van der Waals surface area contributed by atoms with Crippen molar-refractivity contribution in [2.24, 2.45) is 0 Å². The summed E-state index contributed by atoms with van der Waals surface area (Å²) in [6.07, 6.45) is 1.60. The maximum Gasteiger partial charge on any atom is 0.339 e. The molecule has 0 amide bonds. The third-order valence-corrected chi connectivity index (χ3v) is 2.92. The summed E-state index contributed by atoms with van der Waals surface area (Å²) in [7, 11) is 0. The number of rotatable bonds is 2. The third-order valence-electron chi connectivity index (χ3n) is 2.92. The molecule has 1 aromatic heterocycles. The van der Waals surface area contributed by atoms with Crippen LogP contribution in [0.1, 0.15) is 10.4 Å². The molecule has 0 atom stereocenters. The van der Waals surface area contributed by atoms with E-state index in [1.807, 2.05) is 36.4 Å². The second kappa shape index (κ2) is 4.04. The van der Waals surface area contributed by atoms with Gasteiger partial charge in [-0.05, 0) is 11.6 Å². The molecule has 0 aliphatic rings. The van der Waals surface area contributed by atoms with Gasteiger partial charge >= 0.3 is 5.97 Å². The highest BCUT2D eigenvalue weighted by Gasteiger charge is 2.14. The van der Waals surface area contributed by atoms with Crippen LogP contribution in [-0.2, 0) is 0 Å². The molecule has 0 aliphatic carbocycles. The maximum absolute atomic E-state index is 11.1. The summed E-state index contributed by atoms with van der Waals surface area (Å²) in [4.78, 5) is 11.1. The van der Waals surface area contributed by atoms with Gasteiger partial charge in [-0.25, -0.2) is 4.79 Å². The van der Waals surface area contributed by atoms with Gasteiger partial charge in [0.1, 0.15) is 11.1 Å². The predicted molar refractivity (Wildman–Crippen MR) is 68.6 cm³/mol. The standard InChI is InChI=1S/C15H10O3/c16-15(17)12-8-4-7-11-13(9-18-14(11)12)10-5-2-1-3-6-10/h1-9H,(H,16,17). The molecule has 0 radical (unpaired) electrons. The number of para-hydroxylation sites is 1. The molecule has 0 saturated carbocycles. The van der Waals surface area contributed by atoms with Gasteiger partial charge in [0.2, 0.25) is 0 Å². The first-order valence-corrected chi connectivity index (χ1v) is 5.56. The lowest BCUT2D eigenvalue weighted by Crippen LogP contribution is -1.95. The Morgan fingerprint density at radius 3 is 2.50 bits per heavy atom. The van der Waals surface area contributed by atoms with E-state index in [2.05, 4.69) is 0 Å². The van der Waals surface area contributed by atoms with Gasteiger partial charge < -0.3 is 9.52 Å². The lowest BCUT2D eigenvalue weighted by molar-refractivity contribution is 0.0698. The summed E-state index contributed by atoms with van der Waals surface area (Å²) >= 11 is 0. The van der Waals surface area contributed by atoms with Gasteiger partial charge in [-0.2, -0.15) is 0 Å². The predicted octanol–water partition coefficient (Wildman–Crippen LogP) is 3.80. The molecule has 3 heteroatoms. The Hall–Kier alpha value is -2.55. The summed E-state index contributed by atoms with van der Waals surface area (Å²) in [5, 5.41) is 9.92. The van der Waals surface area contributed by atoms with Crippen molar-refractivity contribution < 1.29 is 14.3 Å². The minimum Gasteiger partial charge on any atom is -0.478 e. The highest BCUT2D eigenvalue weighted by Crippen LogP contribution is 2.32. The molecular weight excluding hydrogens is 228 g/mol. The molecule has 0 spiro atoms. The average molecular weight is 238 g/mol. The van der Waals surface area contributed by atoms with Crippen molar-refractivity contribution in [2.75, 3.05) is 0 Å². The first kappa shape index (κ1) is 10.6. The van der Waals surface area contributed by atoms with Gasteiger partial charge in [-0.3, -0.25) is 0 Å². The Morgan fingerprint density at radius 1 is 1.00 bits per heavy atom. The van der Waals surface area contributed by atoms with Crippen LogP contribution in [0, 0.1) is 0 Å². The van der Waals surface area contributed by atoms with Crippen molar-refractivity contribution >= 4 is 16.9 Å². The lowest BCUT2D eigenvalue weighted by Gasteiger charge is -1.98. The second-order valence-corrected chi connectivity index (χ2v) is 4.00. The topological polar surface area (TPSA) is 50.4 Å². The number of hydrogen-bond donors (Lipinski definition) is 1. The molecule has 0 bridgehead atoms. The van der Waals surface area contributed by atoms with Crippen LogP contribution in [0.25, 0.3) is 22.1 Å². The minimum absolute atomic E-state index is 0.190. The molecule has 0 saturated heterocycles. The fraction of sp³-hybridized carbons (Fsp3) is 0. The summed E-state index contributed by atoms with van der Waals surface area (Å²) < 4.78 is 5.42. The SMILES string of the molecule is O=C(O)c1cccc2c(-c3ccccc3)coc12. The highest BCUT2D eigenvalue weighted by atomic mass is 16.4. The molecule has 0 aliphatic heterocycles. The zero-order valence-electron chi connectivity index (χ0n) is 9.46. The molecule has 3 aromatic rings. The normalized spacial score (nSPS) is 10.7. The fourth-order valence-corrected chi connectivity index (χ4v) is 2.07. The summed E-state index contributed by atoms with van der Waals surface area (Å²) in [6.45, 7) is 0. The van der Waals surface area contributed by atoms with Crippen LogP contribution in [0.2, 0.25) is 0 Å². The quantitative estimate of drug-likeness (QED) is 0.738. The molecule has 88 valence electrons. The van der Waals surface area contributed by atoms with E-state index in [0.717, 1.165) is 16.5 Å². The number of benzene rings is 2. The Bertz CT molecular complexity index is 711. The first-order chi connectivity index (χ1) is 8.77. The van der Waals surface area contributed by atoms with E-state index in [9.17, 15) is 4.79 Å². The number of carboxylic acid groups (broad SMARTS) is 1. The summed E-state index contributed by atoms with van der Waals surface area (Å²) in [5.74, 6) is -0.977. The van der Waals surface area contributed by atoms with E-state index < -0.39 is 5.97 Å². The lowest BCUT2D eigenvalue weighted by atomic mass is 10.0. The largest absolute Gasteiger partial charge is 0.478 e. The Balaban J connectivity index is 2.28. The molecule has 2 aromatic carbocycles. The Kier molecular flexibility index (Phi) is 2.38. The van der Waals surface area contributed by atoms with E-state index in [-0.39, 0.29) is 5.56 Å². The van der Waals surface area contributed by atoms with Crippen LogP contribution >= 0.6 is 0 Å². The van der Waals surface area contributed by atoms with Crippen molar-refractivity contribution in [3.05, 3.63) is 60.4 Å². The van der Waals surface area contributed by atoms with E-state index >= 15 is 0 Å². The van der Waals surface area contributed by atoms with Gasteiger partial charge in [0.05, 0.1) is 6.26 Å². The molecule has 3 nitrogen and oxygen atoms in total. The van der Waals surface area contributed by atoms with Crippen molar-refractivity contribution in [1.82, 2.24) is 0 Å².